The summed E-state index contributed by atoms with van der Waals surface area (Å²) in [6.45, 7) is 1.96. The van der Waals surface area contributed by atoms with Crippen molar-refractivity contribution in [2.45, 2.75) is 6.92 Å². The van der Waals surface area contributed by atoms with E-state index in [1.165, 1.54) is 0 Å². The summed E-state index contributed by atoms with van der Waals surface area (Å²) in [4.78, 5) is 0. The van der Waals surface area contributed by atoms with Gasteiger partial charge in [0, 0.05) is 10.9 Å². The van der Waals surface area contributed by atoms with Gasteiger partial charge in [-0.3, -0.25) is 0 Å². The number of aromatic hydroxyl groups is 1. The third kappa shape index (κ3) is 2.86. The Morgan fingerprint density at radius 3 is 1.88 bits per heavy atom. The van der Waals surface area contributed by atoms with Crippen LogP contribution in [0.15, 0.2) is 36.4 Å². The molecule has 3 rings (SSSR count). The highest BCUT2D eigenvalue weighted by molar-refractivity contribution is 5.98. The number of phenolic OH excluding ortho intramolecular Hbond substituents is 1. The molecule has 136 valence electrons. The number of fused-ring (bicyclic) bond motifs is 1. The molecule has 3 aromatic rings. The van der Waals surface area contributed by atoms with E-state index in [1.54, 1.807) is 34.5 Å². The minimum absolute atomic E-state index is 0.188. The van der Waals surface area contributed by atoms with E-state index < -0.39 is 0 Å². The SMILES string of the molecule is COc1ccc(-c2c(C)cc3cc(OC)c(OC)cc3c2O)cc1OC. The molecule has 0 amide bonds. The Bertz CT molecular complexity index is 963. The molecule has 0 aliphatic rings. The van der Waals surface area contributed by atoms with Crippen LogP contribution in [0.3, 0.4) is 0 Å². The molecule has 0 radical (unpaired) electrons. The first kappa shape index (κ1) is 17.7. The number of rotatable bonds is 5. The normalized spacial score (nSPS) is 10.7. The van der Waals surface area contributed by atoms with Crippen LogP contribution in [0.1, 0.15) is 5.56 Å². The van der Waals surface area contributed by atoms with Crippen molar-refractivity contribution in [1.29, 1.82) is 0 Å². The number of hydrogen-bond donors (Lipinski definition) is 1. The van der Waals surface area contributed by atoms with Crippen molar-refractivity contribution in [3.63, 3.8) is 0 Å². The van der Waals surface area contributed by atoms with Gasteiger partial charge >= 0.3 is 0 Å². The smallest absolute Gasteiger partial charge is 0.161 e. The summed E-state index contributed by atoms with van der Waals surface area (Å²) in [6.07, 6.45) is 0. The standard InChI is InChI=1S/C21H22O5/c1-12-8-14-10-18(25-4)19(26-5)11-15(14)21(22)20(12)13-6-7-16(23-2)17(9-13)24-3/h6-11,22H,1-5H3. The van der Waals surface area contributed by atoms with E-state index in [0.717, 1.165) is 22.1 Å². The zero-order valence-electron chi connectivity index (χ0n) is 15.5. The second-order valence-corrected chi connectivity index (χ2v) is 5.92. The van der Waals surface area contributed by atoms with Gasteiger partial charge in [-0.25, -0.2) is 0 Å². The molecule has 26 heavy (non-hydrogen) atoms. The number of phenols is 1. The summed E-state index contributed by atoms with van der Waals surface area (Å²) >= 11 is 0. The van der Waals surface area contributed by atoms with Gasteiger partial charge in [0.15, 0.2) is 23.0 Å². The van der Waals surface area contributed by atoms with Crippen LogP contribution in [-0.4, -0.2) is 33.5 Å². The Morgan fingerprint density at radius 1 is 0.692 bits per heavy atom. The van der Waals surface area contributed by atoms with Gasteiger partial charge in [0.25, 0.3) is 0 Å². The van der Waals surface area contributed by atoms with Crippen molar-refractivity contribution in [2.75, 3.05) is 28.4 Å². The summed E-state index contributed by atoms with van der Waals surface area (Å²) in [5.41, 5.74) is 2.52. The van der Waals surface area contributed by atoms with Gasteiger partial charge in [-0.1, -0.05) is 12.1 Å². The summed E-state index contributed by atoms with van der Waals surface area (Å²) in [5.74, 6) is 2.63. The second-order valence-electron chi connectivity index (χ2n) is 5.92. The zero-order chi connectivity index (χ0) is 18.8. The Morgan fingerprint density at radius 2 is 1.27 bits per heavy atom. The predicted molar refractivity (Wildman–Crippen MR) is 102 cm³/mol. The minimum atomic E-state index is 0.188. The molecule has 0 aliphatic heterocycles. The van der Waals surface area contributed by atoms with Gasteiger partial charge in [0.05, 0.1) is 28.4 Å². The summed E-state index contributed by atoms with van der Waals surface area (Å²) in [5, 5.41) is 12.6. The van der Waals surface area contributed by atoms with Crippen LogP contribution < -0.4 is 18.9 Å². The third-order valence-electron chi connectivity index (χ3n) is 4.49. The molecule has 1 N–H and O–H groups in total. The Kier molecular flexibility index (Phi) is 4.80. The zero-order valence-corrected chi connectivity index (χ0v) is 15.5. The van der Waals surface area contributed by atoms with Crippen molar-refractivity contribution in [2.24, 2.45) is 0 Å². The number of hydrogen-bond acceptors (Lipinski definition) is 5. The number of ether oxygens (including phenoxy) is 4. The topological polar surface area (TPSA) is 57.2 Å². The fourth-order valence-electron chi connectivity index (χ4n) is 3.20. The molecule has 0 saturated carbocycles. The van der Waals surface area contributed by atoms with Crippen molar-refractivity contribution in [1.82, 2.24) is 0 Å². The first-order valence-electron chi connectivity index (χ1n) is 8.14. The molecule has 0 saturated heterocycles. The average Bonchev–Trinajstić information content (AvgIpc) is 2.66. The van der Waals surface area contributed by atoms with Crippen LogP contribution in [0.2, 0.25) is 0 Å². The number of aryl methyl sites for hydroxylation is 1. The van der Waals surface area contributed by atoms with Crippen LogP contribution in [0.5, 0.6) is 28.7 Å². The lowest BCUT2D eigenvalue weighted by molar-refractivity contribution is 0.355. The van der Waals surface area contributed by atoms with Gasteiger partial charge in [0.2, 0.25) is 0 Å². The maximum Gasteiger partial charge on any atom is 0.161 e. The lowest BCUT2D eigenvalue weighted by atomic mass is 9.94. The second kappa shape index (κ2) is 7.04. The number of benzene rings is 3. The molecule has 5 heteroatoms. The van der Waals surface area contributed by atoms with Crippen molar-refractivity contribution >= 4 is 10.8 Å². The van der Waals surface area contributed by atoms with Gasteiger partial charge in [0.1, 0.15) is 5.75 Å². The van der Waals surface area contributed by atoms with Gasteiger partial charge in [-0.15, -0.1) is 0 Å². The minimum Gasteiger partial charge on any atom is -0.507 e. The summed E-state index contributed by atoms with van der Waals surface area (Å²) in [7, 11) is 6.35. The van der Waals surface area contributed by atoms with Crippen LogP contribution in [0.4, 0.5) is 0 Å². The molecule has 0 atom stereocenters. The van der Waals surface area contributed by atoms with Crippen molar-refractivity contribution in [3.8, 4) is 39.9 Å². The van der Waals surface area contributed by atoms with Crippen molar-refractivity contribution in [3.05, 3.63) is 42.0 Å². The van der Waals surface area contributed by atoms with E-state index in [-0.39, 0.29) is 5.75 Å². The molecule has 3 aromatic carbocycles. The van der Waals surface area contributed by atoms with Crippen LogP contribution in [0.25, 0.3) is 21.9 Å². The lowest BCUT2D eigenvalue weighted by Gasteiger charge is -2.16. The van der Waals surface area contributed by atoms with E-state index in [1.807, 2.05) is 37.3 Å². The predicted octanol–water partition coefficient (Wildman–Crippen LogP) is 4.56. The highest BCUT2D eigenvalue weighted by atomic mass is 16.5. The average molecular weight is 354 g/mol. The van der Waals surface area contributed by atoms with Crippen LogP contribution in [0, 0.1) is 6.92 Å². The molecule has 0 bridgehead atoms. The maximum absolute atomic E-state index is 11.0. The highest BCUT2D eigenvalue weighted by Gasteiger charge is 2.17. The van der Waals surface area contributed by atoms with E-state index in [4.69, 9.17) is 18.9 Å². The van der Waals surface area contributed by atoms with E-state index in [9.17, 15) is 5.11 Å². The Hall–Kier alpha value is -3.08. The Labute approximate surface area is 152 Å². The molecule has 0 spiro atoms. The van der Waals surface area contributed by atoms with Crippen LogP contribution in [-0.2, 0) is 0 Å². The quantitative estimate of drug-likeness (QED) is 0.728. The summed E-state index contributed by atoms with van der Waals surface area (Å²) < 4.78 is 21.4. The van der Waals surface area contributed by atoms with Gasteiger partial charge in [-0.05, 0) is 47.7 Å². The fourth-order valence-corrected chi connectivity index (χ4v) is 3.20. The largest absolute Gasteiger partial charge is 0.507 e. The molecule has 0 aliphatic carbocycles. The lowest BCUT2D eigenvalue weighted by Crippen LogP contribution is -1.94. The maximum atomic E-state index is 11.0. The highest BCUT2D eigenvalue weighted by Crippen LogP contribution is 2.44. The molecule has 0 heterocycles. The Balaban J connectivity index is 2.27. The van der Waals surface area contributed by atoms with Gasteiger partial charge < -0.3 is 24.1 Å². The van der Waals surface area contributed by atoms with Gasteiger partial charge in [-0.2, -0.15) is 0 Å². The molecular formula is C21H22O5. The molecule has 0 aromatic heterocycles. The molecule has 0 fully saturated rings. The monoisotopic (exact) mass is 354 g/mol. The molecule has 0 unspecified atom stereocenters. The van der Waals surface area contributed by atoms with E-state index in [2.05, 4.69) is 0 Å². The first-order chi connectivity index (χ1) is 12.5. The molecular weight excluding hydrogens is 332 g/mol. The molecule has 5 nitrogen and oxygen atoms in total. The van der Waals surface area contributed by atoms with E-state index >= 15 is 0 Å². The number of methoxy groups -OCH3 is 4. The fraction of sp³-hybridized carbons (Fsp3) is 0.238. The summed E-state index contributed by atoms with van der Waals surface area (Å²) in [6, 6.07) is 11.2. The van der Waals surface area contributed by atoms with Crippen LogP contribution >= 0.6 is 0 Å². The first-order valence-corrected chi connectivity index (χ1v) is 8.14. The van der Waals surface area contributed by atoms with E-state index in [0.29, 0.717) is 28.4 Å². The van der Waals surface area contributed by atoms with Crippen molar-refractivity contribution < 1.29 is 24.1 Å². The third-order valence-corrected chi connectivity index (χ3v) is 4.49.